The van der Waals surface area contributed by atoms with E-state index < -0.39 is 0 Å². The van der Waals surface area contributed by atoms with E-state index in [0.717, 1.165) is 29.4 Å². The highest BCUT2D eigenvalue weighted by Crippen LogP contribution is 2.28. The highest BCUT2D eigenvalue weighted by molar-refractivity contribution is 9.10. The van der Waals surface area contributed by atoms with Gasteiger partial charge in [-0.15, -0.1) is 6.58 Å². The standard InChI is InChI=1S/C14H21BrN2/c1-4-5-6-9-17(3)14-8-7-12(11(2)16)10-13(14)15/h4,7-8,10-11H,1,5-6,9,16H2,2-3H3/t11-/m0/s1. The Hall–Kier alpha value is -0.800. The van der Waals surface area contributed by atoms with E-state index in [1.165, 1.54) is 5.69 Å². The molecular formula is C14H21BrN2. The molecule has 0 aliphatic carbocycles. The van der Waals surface area contributed by atoms with E-state index in [0.29, 0.717) is 0 Å². The number of rotatable bonds is 6. The number of halogens is 1. The first-order valence-corrected chi connectivity index (χ1v) is 6.72. The summed E-state index contributed by atoms with van der Waals surface area (Å²) in [4.78, 5) is 2.25. The molecule has 0 heterocycles. The number of hydrogen-bond donors (Lipinski definition) is 1. The molecule has 0 saturated carbocycles. The van der Waals surface area contributed by atoms with Gasteiger partial charge in [-0.3, -0.25) is 0 Å². The van der Waals surface area contributed by atoms with Crippen molar-refractivity contribution in [3.8, 4) is 0 Å². The van der Waals surface area contributed by atoms with Crippen LogP contribution < -0.4 is 10.6 Å². The quantitative estimate of drug-likeness (QED) is 0.638. The van der Waals surface area contributed by atoms with E-state index in [9.17, 15) is 0 Å². The number of allylic oxidation sites excluding steroid dienone is 1. The predicted molar refractivity (Wildman–Crippen MR) is 79.4 cm³/mol. The smallest absolute Gasteiger partial charge is 0.0508 e. The molecule has 0 amide bonds. The van der Waals surface area contributed by atoms with Crippen molar-refractivity contribution in [2.75, 3.05) is 18.5 Å². The monoisotopic (exact) mass is 296 g/mol. The molecule has 0 unspecified atom stereocenters. The highest BCUT2D eigenvalue weighted by Gasteiger charge is 2.07. The largest absolute Gasteiger partial charge is 0.374 e. The molecule has 0 radical (unpaired) electrons. The van der Waals surface area contributed by atoms with Gasteiger partial charge >= 0.3 is 0 Å². The van der Waals surface area contributed by atoms with Gasteiger partial charge in [-0.1, -0.05) is 12.1 Å². The molecule has 94 valence electrons. The Kier molecular flexibility index (Phi) is 5.72. The van der Waals surface area contributed by atoms with Crippen LogP contribution in [-0.2, 0) is 0 Å². The topological polar surface area (TPSA) is 29.3 Å². The Balaban J connectivity index is 2.73. The van der Waals surface area contributed by atoms with Crippen LogP contribution in [0.5, 0.6) is 0 Å². The lowest BCUT2D eigenvalue weighted by Crippen LogP contribution is -2.19. The molecule has 0 bridgehead atoms. The first kappa shape index (κ1) is 14.3. The third-order valence-corrected chi connectivity index (χ3v) is 3.45. The molecule has 1 aromatic rings. The average molecular weight is 297 g/mol. The summed E-state index contributed by atoms with van der Waals surface area (Å²) in [5.74, 6) is 0. The number of nitrogens with two attached hydrogens (primary N) is 1. The minimum atomic E-state index is 0.0754. The van der Waals surface area contributed by atoms with Crippen LogP contribution >= 0.6 is 15.9 Å². The maximum atomic E-state index is 5.86. The molecule has 0 spiro atoms. The molecule has 1 atom stereocenters. The highest BCUT2D eigenvalue weighted by atomic mass is 79.9. The Bertz CT molecular complexity index is 374. The van der Waals surface area contributed by atoms with Gasteiger partial charge in [0.2, 0.25) is 0 Å². The summed E-state index contributed by atoms with van der Waals surface area (Å²) in [6.45, 7) is 6.76. The van der Waals surface area contributed by atoms with Crippen LogP contribution in [0, 0.1) is 0 Å². The molecule has 0 aliphatic heterocycles. The van der Waals surface area contributed by atoms with Crippen molar-refractivity contribution in [3.05, 3.63) is 40.9 Å². The zero-order chi connectivity index (χ0) is 12.8. The van der Waals surface area contributed by atoms with Crippen LogP contribution in [0.3, 0.4) is 0 Å². The summed E-state index contributed by atoms with van der Waals surface area (Å²) >= 11 is 3.61. The van der Waals surface area contributed by atoms with E-state index >= 15 is 0 Å². The van der Waals surface area contributed by atoms with E-state index in [1.54, 1.807) is 0 Å². The van der Waals surface area contributed by atoms with Crippen LogP contribution in [0.25, 0.3) is 0 Å². The zero-order valence-electron chi connectivity index (χ0n) is 10.6. The fourth-order valence-electron chi connectivity index (χ4n) is 1.71. The minimum absolute atomic E-state index is 0.0754. The van der Waals surface area contributed by atoms with Crippen molar-refractivity contribution in [1.82, 2.24) is 0 Å². The molecule has 2 N–H and O–H groups in total. The second kappa shape index (κ2) is 6.82. The Morgan fingerprint density at radius 3 is 2.76 bits per heavy atom. The number of unbranched alkanes of at least 4 members (excludes halogenated alkanes) is 1. The lowest BCUT2D eigenvalue weighted by Gasteiger charge is -2.21. The Morgan fingerprint density at radius 2 is 2.24 bits per heavy atom. The normalized spacial score (nSPS) is 12.2. The number of nitrogens with zero attached hydrogens (tertiary/aromatic N) is 1. The van der Waals surface area contributed by atoms with Crippen LogP contribution in [0.1, 0.15) is 31.4 Å². The van der Waals surface area contributed by atoms with Gasteiger partial charge in [0.05, 0.1) is 5.69 Å². The lowest BCUT2D eigenvalue weighted by atomic mass is 10.1. The number of hydrogen-bond acceptors (Lipinski definition) is 2. The van der Waals surface area contributed by atoms with Gasteiger partial charge in [-0.05, 0) is 53.4 Å². The van der Waals surface area contributed by atoms with Crippen LogP contribution in [0.4, 0.5) is 5.69 Å². The Morgan fingerprint density at radius 1 is 1.53 bits per heavy atom. The van der Waals surface area contributed by atoms with Gasteiger partial charge in [0, 0.05) is 24.1 Å². The van der Waals surface area contributed by atoms with E-state index in [-0.39, 0.29) is 6.04 Å². The number of benzene rings is 1. The predicted octanol–water partition coefficient (Wildman–Crippen LogP) is 3.87. The summed E-state index contributed by atoms with van der Waals surface area (Å²) < 4.78 is 1.11. The fourth-order valence-corrected chi connectivity index (χ4v) is 2.41. The SMILES string of the molecule is C=CCCCN(C)c1ccc([C@H](C)N)cc1Br. The van der Waals surface area contributed by atoms with Gasteiger partial charge in [-0.2, -0.15) is 0 Å². The first-order chi connectivity index (χ1) is 8.06. The van der Waals surface area contributed by atoms with Crippen molar-refractivity contribution < 1.29 is 0 Å². The van der Waals surface area contributed by atoms with Gasteiger partial charge < -0.3 is 10.6 Å². The van der Waals surface area contributed by atoms with Gasteiger partial charge in [-0.25, -0.2) is 0 Å². The molecule has 0 aromatic heterocycles. The summed E-state index contributed by atoms with van der Waals surface area (Å²) in [6, 6.07) is 6.39. The number of anilines is 1. The van der Waals surface area contributed by atoms with Crippen molar-refractivity contribution in [2.24, 2.45) is 5.73 Å². The summed E-state index contributed by atoms with van der Waals surface area (Å²) in [6.07, 6.45) is 4.14. The van der Waals surface area contributed by atoms with E-state index in [2.05, 4.69) is 52.7 Å². The zero-order valence-corrected chi connectivity index (χ0v) is 12.2. The van der Waals surface area contributed by atoms with Crippen molar-refractivity contribution in [1.29, 1.82) is 0 Å². The van der Waals surface area contributed by atoms with E-state index in [1.807, 2.05) is 13.0 Å². The first-order valence-electron chi connectivity index (χ1n) is 5.93. The third kappa shape index (κ3) is 4.17. The molecule has 1 rings (SSSR count). The molecular weight excluding hydrogens is 276 g/mol. The summed E-state index contributed by atoms with van der Waals surface area (Å²) in [5.41, 5.74) is 8.22. The fraction of sp³-hybridized carbons (Fsp3) is 0.429. The van der Waals surface area contributed by atoms with Gasteiger partial charge in [0.15, 0.2) is 0 Å². The Labute approximate surface area is 113 Å². The lowest BCUT2D eigenvalue weighted by molar-refractivity contribution is 0.795. The summed E-state index contributed by atoms with van der Waals surface area (Å²) in [5, 5.41) is 0. The van der Waals surface area contributed by atoms with Gasteiger partial charge in [0.1, 0.15) is 0 Å². The molecule has 0 saturated heterocycles. The molecule has 3 heteroatoms. The van der Waals surface area contributed by atoms with Crippen molar-refractivity contribution in [2.45, 2.75) is 25.8 Å². The maximum Gasteiger partial charge on any atom is 0.0508 e. The third-order valence-electron chi connectivity index (χ3n) is 2.81. The van der Waals surface area contributed by atoms with Gasteiger partial charge in [0.25, 0.3) is 0 Å². The summed E-state index contributed by atoms with van der Waals surface area (Å²) in [7, 11) is 2.11. The van der Waals surface area contributed by atoms with Crippen molar-refractivity contribution >= 4 is 21.6 Å². The van der Waals surface area contributed by atoms with Crippen molar-refractivity contribution in [3.63, 3.8) is 0 Å². The molecule has 17 heavy (non-hydrogen) atoms. The maximum absolute atomic E-state index is 5.86. The molecule has 1 aromatic carbocycles. The van der Waals surface area contributed by atoms with E-state index in [4.69, 9.17) is 5.73 Å². The molecule has 0 fully saturated rings. The molecule has 0 aliphatic rings. The van der Waals surface area contributed by atoms with Crippen LogP contribution in [-0.4, -0.2) is 13.6 Å². The molecule has 2 nitrogen and oxygen atoms in total. The average Bonchev–Trinajstić information content (AvgIpc) is 2.28. The van der Waals surface area contributed by atoms with Crippen LogP contribution in [0.2, 0.25) is 0 Å². The second-order valence-electron chi connectivity index (χ2n) is 4.35. The minimum Gasteiger partial charge on any atom is -0.374 e. The van der Waals surface area contributed by atoms with Crippen LogP contribution in [0.15, 0.2) is 35.3 Å². The second-order valence-corrected chi connectivity index (χ2v) is 5.21.